The minimum atomic E-state index is -0.398. The largest absolute Gasteiger partial charge is 0.453 e. The lowest BCUT2D eigenvalue weighted by Gasteiger charge is -2.02. The summed E-state index contributed by atoms with van der Waals surface area (Å²) in [6, 6.07) is 0. The molecule has 3 N–H and O–H groups in total. The van der Waals surface area contributed by atoms with Crippen molar-refractivity contribution >= 4 is 23.3 Å². The molecule has 5 heteroatoms. The van der Waals surface area contributed by atoms with Gasteiger partial charge in [0.25, 0.3) is 0 Å². The third kappa shape index (κ3) is 7.27. The molecule has 0 fully saturated rings. The first-order valence-electron chi connectivity index (χ1n) is 3.77. The van der Waals surface area contributed by atoms with Crippen molar-refractivity contribution < 1.29 is 9.53 Å². The van der Waals surface area contributed by atoms with E-state index >= 15 is 0 Å². The average Bonchev–Trinajstić information content (AvgIpc) is 2.03. The zero-order valence-electron chi connectivity index (χ0n) is 7.13. The molecule has 0 aromatic heterocycles. The van der Waals surface area contributed by atoms with E-state index in [0.717, 1.165) is 19.3 Å². The van der Waals surface area contributed by atoms with Crippen LogP contribution in [-0.4, -0.2) is 24.7 Å². The Morgan fingerprint density at radius 2 is 2.25 bits per heavy atom. The molecule has 0 heterocycles. The van der Waals surface area contributed by atoms with Gasteiger partial charge in [-0.15, -0.1) is 0 Å². The van der Waals surface area contributed by atoms with E-state index in [1.807, 2.05) is 0 Å². The van der Waals surface area contributed by atoms with Crippen molar-refractivity contribution in [2.45, 2.75) is 19.3 Å². The normalized spacial score (nSPS) is 9.08. The molecule has 4 nitrogen and oxygen atoms in total. The minimum absolute atomic E-state index is 0.398. The average molecular weight is 190 g/mol. The zero-order chi connectivity index (χ0) is 9.40. The molecule has 0 unspecified atom stereocenters. The highest BCUT2D eigenvalue weighted by atomic mass is 32.1. The van der Waals surface area contributed by atoms with Crippen molar-refractivity contribution in [1.82, 2.24) is 5.32 Å². The van der Waals surface area contributed by atoms with Crippen LogP contribution in [-0.2, 0) is 4.74 Å². The monoisotopic (exact) mass is 190 g/mol. The van der Waals surface area contributed by atoms with E-state index in [-0.39, 0.29) is 0 Å². The summed E-state index contributed by atoms with van der Waals surface area (Å²) in [6.07, 6.45) is 2.11. The Bertz CT molecular complexity index is 161. The van der Waals surface area contributed by atoms with Gasteiger partial charge in [0, 0.05) is 6.54 Å². The van der Waals surface area contributed by atoms with Crippen LogP contribution in [0.5, 0.6) is 0 Å². The van der Waals surface area contributed by atoms with Gasteiger partial charge in [-0.25, -0.2) is 4.79 Å². The highest BCUT2D eigenvalue weighted by molar-refractivity contribution is 7.80. The Kier molecular flexibility index (Phi) is 6.37. The Labute approximate surface area is 77.5 Å². The summed E-state index contributed by atoms with van der Waals surface area (Å²) >= 11 is 4.69. The van der Waals surface area contributed by atoms with Gasteiger partial charge in [-0.1, -0.05) is 12.2 Å². The first-order chi connectivity index (χ1) is 5.66. The molecule has 12 heavy (non-hydrogen) atoms. The van der Waals surface area contributed by atoms with Crippen LogP contribution in [0.15, 0.2) is 0 Å². The molecular weight excluding hydrogens is 176 g/mol. The lowest BCUT2D eigenvalue weighted by atomic mass is 10.2. The maximum atomic E-state index is 10.5. The highest BCUT2D eigenvalue weighted by Crippen LogP contribution is 1.93. The van der Waals surface area contributed by atoms with Crippen molar-refractivity contribution in [3.8, 4) is 0 Å². The molecule has 0 saturated carbocycles. The van der Waals surface area contributed by atoms with E-state index in [9.17, 15) is 4.79 Å². The van der Waals surface area contributed by atoms with Crippen LogP contribution in [0.4, 0.5) is 4.79 Å². The minimum Gasteiger partial charge on any atom is -0.453 e. The van der Waals surface area contributed by atoms with Crippen LogP contribution in [0.1, 0.15) is 19.3 Å². The predicted octanol–water partition coefficient (Wildman–Crippen LogP) is 0.799. The third-order valence-corrected chi connectivity index (χ3v) is 1.51. The molecule has 0 saturated heterocycles. The molecule has 0 radical (unpaired) electrons. The molecule has 70 valence electrons. The Morgan fingerprint density at radius 1 is 1.58 bits per heavy atom. The van der Waals surface area contributed by atoms with Gasteiger partial charge >= 0.3 is 6.09 Å². The molecule has 0 bridgehead atoms. The van der Waals surface area contributed by atoms with Crippen LogP contribution in [0.25, 0.3) is 0 Å². The molecule has 0 aliphatic heterocycles. The summed E-state index contributed by atoms with van der Waals surface area (Å²) in [5.41, 5.74) is 5.28. The third-order valence-electron chi connectivity index (χ3n) is 1.30. The summed E-state index contributed by atoms with van der Waals surface area (Å²) in [5, 5.41) is 2.56. The lowest BCUT2D eigenvalue weighted by molar-refractivity contribution is 0.171. The van der Waals surface area contributed by atoms with E-state index < -0.39 is 6.09 Å². The zero-order valence-corrected chi connectivity index (χ0v) is 7.95. The molecule has 0 aliphatic carbocycles. The maximum Gasteiger partial charge on any atom is 0.406 e. The summed E-state index contributed by atoms with van der Waals surface area (Å²) < 4.78 is 4.38. The number of amides is 1. The number of hydrogen-bond acceptors (Lipinski definition) is 3. The SMILES string of the molecule is COC(=O)NCCCCC(N)=S. The summed E-state index contributed by atoms with van der Waals surface area (Å²) in [4.78, 5) is 11.0. The number of unbranched alkanes of at least 4 members (excludes halogenated alkanes) is 1. The first kappa shape index (κ1) is 11.2. The number of nitrogens with one attached hydrogen (secondary N) is 1. The fourth-order valence-corrected chi connectivity index (χ4v) is 0.831. The van der Waals surface area contributed by atoms with Crippen molar-refractivity contribution in [3.05, 3.63) is 0 Å². The number of nitrogens with two attached hydrogens (primary N) is 1. The van der Waals surface area contributed by atoms with E-state index in [1.165, 1.54) is 7.11 Å². The number of alkyl carbamates (subject to hydrolysis) is 1. The highest BCUT2D eigenvalue weighted by Gasteiger charge is 1.96. The van der Waals surface area contributed by atoms with Gasteiger partial charge in [0.2, 0.25) is 0 Å². The second-order valence-corrected chi connectivity index (χ2v) is 2.87. The summed E-state index contributed by atoms with van der Waals surface area (Å²) in [6.45, 7) is 0.606. The van der Waals surface area contributed by atoms with Gasteiger partial charge in [-0.3, -0.25) is 0 Å². The van der Waals surface area contributed by atoms with E-state index in [4.69, 9.17) is 5.73 Å². The Balaban J connectivity index is 3.11. The van der Waals surface area contributed by atoms with E-state index in [2.05, 4.69) is 22.3 Å². The van der Waals surface area contributed by atoms with Crippen molar-refractivity contribution in [1.29, 1.82) is 0 Å². The smallest absolute Gasteiger partial charge is 0.406 e. The summed E-state index contributed by atoms with van der Waals surface area (Å²) in [5.74, 6) is 0. The number of thiocarbonyl (C=S) groups is 1. The lowest BCUT2D eigenvalue weighted by Crippen LogP contribution is -2.24. The van der Waals surface area contributed by atoms with Gasteiger partial charge in [-0.2, -0.15) is 0 Å². The first-order valence-corrected chi connectivity index (χ1v) is 4.17. The molecule has 0 aromatic carbocycles. The van der Waals surface area contributed by atoms with Crippen LogP contribution in [0.3, 0.4) is 0 Å². The molecular formula is C7H14N2O2S. The predicted molar refractivity (Wildman–Crippen MR) is 51.0 cm³/mol. The van der Waals surface area contributed by atoms with E-state index in [1.54, 1.807) is 0 Å². The van der Waals surface area contributed by atoms with Crippen LogP contribution >= 0.6 is 12.2 Å². The summed E-state index contributed by atoms with van der Waals surface area (Å²) in [7, 11) is 1.34. The van der Waals surface area contributed by atoms with Gasteiger partial charge in [0.15, 0.2) is 0 Å². The van der Waals surface area contributed by atoms with Crippen molar-refractivity contribution in [2.24, 2.45) is 5.73 Å². The molecule has 0 spiro atoms. The topological polar surface area (TPSA) is 64.3 Å². The van der Waals surface area contributed by atoms with Gasteiger partial charge in [0.05, 0.1) is 12.1 Å². The maximum absolute atomic E-state index is 10.5. The van der Waals surface area contributed by atoms with Gasteiger partial charge < -0.3 is 15.8 Å². The number of ether oxygens (including phenoxy) is 1. The molecule has 0 rings (SSSR count). The number of methoxy groups -OCH3 is 1. The van der Waals surface area contributed by atoms with Gasteiger partial charge in [-0.05, 0) is 19.3 Å². The Hall–Kier alpha value is -0.840. The van der Waals surface area contributed by atoms with Crippen LogP contribution in [0, 0.1) is 0 Å². The fourth-order valence-electron chi connectivity index (χ4n) is 0.687. The van der Waals surface area contributed by atoms with Crippen LogP contribution < -0.4 is 11.1 Å². The second-order valence-electron chi connectivity index (χ2n) is 2.34. The van der Waals surface area contributed by atoms with Crippen molar-refractivity contribution in [3.63, 3.8) is 0 Å². The number of carbonyl (C=O) groups excluding carboxylic acids is 1. The van der Waals surface area contributed by atoms with Crippen LogP contribution in [0.2, 0.25) is 0 Å². The standard InChI is InChI=1S/C7H14N2O2S/c1-11-7(10)9-5-3-2-4-6(8)12/h2-5H2,1H3,(H2,8,12)(H,9,10). The molecule has 0 atom stereocenters. The number of hydrogen-bond donors (Lipinski definition) is 2. The molecule has 0 aromatic rings. The Morgan fingerprint density at radius 3 is 2.75 bits per heavy atom. The fraction of sp³-hybridized carbons (Fsp3) is 0.714. The molecule has 0 aliphatic rings. The number of carbonyl (C=O) groups is 1. The quantitative estimate of drug-likeness (QED) is 0.497. The number of rotatable bonds is 5. The van der Waals surface area contributed by atoms with Crippen molar-refractivity contribution in [2.75, 3.05) is 13.7 Å². The molecule has 1 amide bonds. The van der Waals surface area contributed by atoms with E-state index in [0.29, 0.717) is 11.5 Å². The second kappa shape index (κ2) is 6.84. The van der Waals surface area contributed by atoms with Gasteiger partial charge in [0.1, 0.15) is 0 Å².